The van der Waals surface area contributed by atoms with Gasteiger partial charge in [0.05, 0.1) is 0 Å². The van der Waals surface area contributed by atoms with Crippen molar-refractivity contribution in [3.05, 3.63) is 29.8 Å². The summed E-state index contributed by atoms with van der Waals surface area (Å²) < 4.78 is 5.77. The molecule has 1 aliphatic rings. The minimum absolute atomic E-state index is 0.0871. The van der Waals surface area contributed by atoms with E-state index < -0.39 is 0 Å². The fourth-order valence-corrected chi connectivity index (χ4v) is 3.20. The molecule has 2 atom stereocenters. The van der Waals surface area contributed by atoms with Gasteiger partial charge in [0, 0.05) is 30.7 Å². The molecule has 1 amide bonds. The molecule has 1 saturated heterocycles. The van der Waals surface area contributed by atoms with Crippen LogP contribution in [-0.2, 0) is 0 Å². The predicted molar refractivity (Wildman–Crippen MR) is 97.4 cm³/mol. The smallest absolute Gasteiger partial charge is 0.254 e. The third-order valence-electron chi connectivity index (χ3n) is 4.85. The number of amides is 1. The number of carbonyl (C=O) groups is 1. The number of hydrogen-bond acceptors (Lipinski definition) is 4. The number of hydrogen-bond donors (Lipinski definition) is 1. The Hall–Kier alpha value is -1.59. The lowest BCUT2D eigenvalue weighted by Crippen LogP contribution is -2.48. The molecule has 0 aliphatic carbocycles. The Morgan fingerprint density at radius 1 is 1.29 bits per heavy atom. The highest BCUT2D eigenvalue weighted by Gasteiger charge is 2.27. The van der Waals surface area contributed by atoms with Crippen molar-refractivity contribution in [1.29, 1.82) is 0 Å². The first-order chi connectivity index (χ1) is 11.5. The monoisotopic (exact) mass is 333 g/mol. The van der Waals surface area contributed by atoms with Crippen LogP contribution in [0.15, 0.2) is 24.3 Å². The fourth-order valence-electron chi connectivity index (χ4n) is 3.20. The van der Waals surface area contributed by atoms with E-state index in [4.69, 9.17) is 10.5 Å². The van der Waals surface area contributed by atoms with Gasteiger partial charge in [0.15, 0.2) is 0 Å². The molecule has 0 spiro atoms. The van der Waals surface area contributed by atoms with Gasteiger partial charge in [-0.1, -0.05) is 13.8 Å². The Morgan fingerprint density at radius 3 is 2.54 bits per heavy atom. The van der Waals surface area contributed by atoms with Gasteiger partial charge in [0.2, 0.25) is 0 Å². The summed E-state index contributed by atoms with van der Waals surface area (Å²) in [6.45, 7) is 10.8. The second-order valence-corrected chi connectivity index (χ2v) is 6.53. The van der Waals surface area contributed by atoms with Gasteiger partial charge in [0.1, 0.15) is 12.4 Å². The normalized spacial score (nSPS) is 21.1. The molecule has 134 valence electrons. The van der Waals surface area contributed by atoms with Crippen molar-refractivity contribution in [2.45, 2.75) is 45.7 Å². The standard InChI is InChI=1S/C19H31N3O2/c1-4-21(5-2)12-13-24-18-8-6-16(7-9-18)19(23)22-11-10-17(20)14-15(22)3/h6-9,15,17H,4-5,10-14,20H2,1-3H3. The molecule has 1 fully saturated rings. The van der Waals surface area contributed by atoms with E-state index >= 15 is 0 Å². The zero-order valence-corrected chi connectivity index (χ0v) is 15.2. The van der Waals surface area contributed by atoms with Crippen molar-refractivity contribution >= 4 is 5.91 Å². The molecule has 2 unspecified atom stereocenters. The number of nitrogens with two attached hydrogens (primary N) is 1. The highest BCUT2D eigenvalue weighted by atomic mass is 16.5. The molecule has 1 aromatic rings. The van der Waals surface area contributed by atoms with Crippen LogP contribution in [0.5, 0.6) is 5.75 Å². The number of ether oxygens (including phenoxy) is 1. The Kier molecular flexibility index (Phi) is 7.06. The van der Waals surface area contributed by atoms with E-state index in [0.717, 1.165) is 44.8 Å². The summed E-state index contributed by atoms with van der Waals surface area (Å²) in [6, 6.07) is 7.90. The lowest BCUT2D eigenvalue weighted by atomic mass is 9.98. The highest BCUT2D eigenvalue weighted by Crippen LogP contribution is 2.20. The third-order valence-corrected chi connectivity index (χ3v) is 4.85. The average molecular weight is 333 g/mol. The second-order valence-electron chi connectivity index (χ2n) is 6.53. The average Bonchev–Trinajstić information content (AvgIpc) is 2.59. The van der Waals surface area contributed by atoms with Crippen LogP contribution in [0.1, 0.15) is 44.0 Å². The van der Waals surface area contributed by atoms with E-state index in [1.807, 2.05) is 29.2 Å². The molecule has 5 heteroatoms. The maximum atomic E-state index is 12.6. The van der Waals surface area contributed by atoms with Gasteiger partial charge in [-0.3, -0.25) is 4.79 Å². The minimum atomic E-state index is 0.0871. The Balaban J connectivity index is 1.88. The van der Waals surface area contributed by atoms with Crippen molar-refractivity contribution < 1.29 is 9.53 Å². The largest absolute Gasteiger partial charge is 0.492 e. The lowest BCUT2D eigenvalue weighted by Gasteiger charge is -2.36. The van der Waals surface area contributed by atoms with Crippen LogP contribution in [0, 0.1) is 0 Å². The van der Waals surface area contributed by atoms with E-state index in [9.17, 15) is 4.79 Å². The van der Waals surface area contributed by atoms with E-state index in [0.29, 0.717) is 12.2 Å². The summed E-state index contributed by atoms with van der Waals surface area (Å²) in [6.07, 6.45) is 1.75. The Bertz CT molecular complexity index is 514. The van der Waals surface area contributed by atoms with Crippen LogP contribution in [0.25, 0.3) is 0 Å². The molecule has 0 bridgehead atoms. The molecular weight excluding hydrogens is 302 g/mol. The number of nitrogens with zero attached hydrogens (tertiary/aromatic N) is 2. The first-order valence-electron chi connectivity index (χ1n) is 9.06. The molecule has 1 aliphatic heterocycles. The molecule has 2 rings (SSSR count). The van der Waals surface area contributed by atoms with Crippen molar-refractivity contribution in [1.82, 2.24) is 9.80 Å². The summed E-state index contributed by atoms with van der Waals surface area (Å²) in [7, 11) is 0. The van der Waals surface area contributed by atoms with Crippen molar-refractivity contribution in [3.63, 3.8) is 0 Å². The molecule has 0 aromatic heterocycles. The van der Waals surface area contributed by atoms with Gasteiger partial charge in [-0.2, -0.15) is 0 Å². The third kappa shape index (κ3) is 4.95. The number of piperidine rings is 1. The van der Waals surface area contributed by atoms with Gasteiger partial charge >= 0.3 is 0 Å². The number of likely N-dealkylation sites (tertiary alicyclic amines) is 1. The quantitative estimate of drug-likeness (QED) is 0.832. The Morgan fingerprint density at radius 2 is 1.96 bits per heavy atom. The summed E-state index contributed by atoms with van der Waals surface area (Å²) in [4.78, 5) is 16.9. The van der Waals surface area contributed by atoms with Crippen LogP contribution < -0.4 is 10.5 Å². The number of rotatable bonds is 7. The molecule has 0 radical (unpaired) electrons. The topological polar surface area (TPSA) is 58.8 Å². The molecule has 1 heterocycles. The van der Waals surface area contributed by atoms with Crippen molar-refractivity contribution in [2.75, 3.05) is 32.8 Å². The van der Waals surface area contributed by atoms with Crippen molar-refractivity contribution in [3.8, 4) is 5.75 Å². The number of carbonyl (C=O) groups excluding carboxylic acids is 1. The molecule has 1 aromatic carbocycles. The van der Waals surface area contributed by atoms with Gasteiger partial charge in [-0.05, 0) is 57.1 Å². The lowest BCUT2D eigenvalue weighted by molar-refractivity contribution is 0.0619. The molecule has 5 nitrogen and oxygen atoms in total. The van der Waals surface area contributed by atoms with Crippen LogP contribution in [0.4, 0.5) is 0 Å². The van der Waals surface area contributed by atoms with Crippen LogP contribution >= 0.6 is 0 Å². The second kappa shape index (κ2) is 9.04. The molecular formula is C19H31N3O2. The van der Waals surface area contributed by atoms with Crippen LogP contribution in [0.2, 0.25) is 0 Å². The summed E-state index contributed by atoms with van der Waals surface area (Å²) in [5, 5.41) is 0. The van der Waals surface area contributed by atoms with Crippen molar-refractivity contribution in [2.24, 2.45) is 5.73 Å². The SMILES string of the molecule is CCN(CC)CCOc1ccc(C(=O)N2CCC(N)CC2C)cc1. The van der Waals surface area contributed by atoms with Crippen LogP contribution in [0.3, 0.4) is 0 Å². The first kappa shape index (κ1) is 18.7. The van der Waals surface area contributed by atoms with E-state index in [-0.39, 0.29) is 18.0 Å². The predicted octanol–water partition coefficient (Wildman–Crippen LogP) is 2.36. The summed E-state index contributed by atoms with van der Waals surface area (Å²) in [5.41, 5.74) is 6.69. The van der Waals surface area contributed by atoms with E-state index in [1.54, 1.807) is 0 Å². The zero-order chi connectivity index (χ0) is 17.5. The van der Waals surface area contributed by atoms with Gasteiger partial charge in [0.25, 0.3) is 5.91 Å². The maximum absolute atomic E-state index is 12.6. The molecule has 2 N–H and O–H groups in total. The Labute approximate surface area is 145 Å². The first-order valence-corrected chi connectivity index (χ1v) is 9.06. The van der Waals surface area contributed by atoms with Gasteiger partial charge < -0.3 is 20.3 Å². The minimum Gasteiger partial charge on any atom is -0.492 e. The van der Waals surface area contributed by atoms with E-state index in [1.165, 1.54) is 0 Å². The van der Waals surface area contributed by atoms with E-state index in [2.05, 4.69) is 25.7 Å². The highest BCUT2D eigenvalue weighted by molar-refractivity contribution is 5.94. The number of likely N-dealkylation sites (N-methyl/N-ethyl adjacent to an activating group) is 1. The van der Waals surface area contributed by atoms with Gasteiger partial charge in [-0.25, -0.2) is 0 Å². The zero-order valence-electron chi connectivity index (χ0n) is 15.2. The number of benzene rings is 1. The summed E-state index contributed by atoms with van der Waals surface area (Å²) in [5.74, 6) is 0.900. The summed E-state index contributed by atoms with van der Waals surface area (Å²) >= 11 is 0. The molecule has 0 saturated carbocycles. The van der Waals surface area contributed by atoms with Crippen LogP contribution in [-0.4, -0.2) is 60.6 Å². The van der Waals surface area contributed by atoms with Gasteiger partial charge in [-0.15, -0.1) is 0 Å². The fraction of sp³-hybridized carbons (Fsp3) is 0.632. The maximum Gasteiger partial charge on any atom is 0.254 e. The molecule has 24 heavy (non-hydrogen) atoms.